The monoisotopic (exact) mass is 923 g/mol. The lowest BCUT2D eigenvalue weighted by molar-refractivity contribution is -0.150. The Morgan fingerprint density at radius 1 is 0.470 bits per heavy atom. The molecule has 0 fully saturated rings. The summed E-state index contributed by atoms with van der Waals surface area (Å²) in [6, 6.07) is -1.39. The molecule has 66 heavy (non-hydrogen) atoms. The Balaban J connectivity index is 4.34. The average molecular weight is 923 g/mol. The van der Waals surface area contributed by atoms with Crippen molar-refractivity contribution < 1.29 is 34.1 Å². The lowest BCUT2D eigenvalue weighted by Gasteiger charge is -2.18. The molecule has 0 aromatic heterocycles. The first-order valence-electron chi connectivity index (χ1n) is 26.8. The van der Waals surface area contributed by atoms with E-state index < -0.39 is 24.5 Å². The zero-order valence-electron chi connectivity index (χ0n) is 42.2. The molecule has 9 nitrogen and oxygen atoms in total. The maximum absolute atomic E-state index is 12.9. The number of ether oxygens (including phenoxy) is 1. The smallest absolute Gasteiger partial charge is 0.328 e. The Hall–Kier alpha value is -3.72. The van der Waals surface area contributed by atoms with E-state index in [9.17, 15) is 19.2 Å². The maximum Gasteiger partial charge on any atom is 0.328 e. The van der Waals surface area contributed by atoms with Gasteiger partial charge in [0.15, 0.2) is 0 Å². The number of nitrogens with one attached hydrogen (secondary N) is 2. The number of esters is 1. The third kappa shape index (κ3) is 46.8. The number of carbonyl (C=O) groups excluding carboxylic acids is 3. The van der Waals surface area contributed by atoms with Crippen LogP contribution in [0.15, 0.2) is 72.9 Å². The molecule has 0 heterocycles. The van der Waals surface area contributed by atoms with Gasteiger partial charge < -0.3 is 25.6 Å². The van der Waals surface area contributed by atoms with Crippen LogP contribution in [0.25, 0.3) is 0 Å². The number of rotatable bonds is 48. The van der Waals surface area contributed by atoms with Crippen LogP contribution in [0.3, 0.4) is 0 Å². The fourth-order valence-corrected chi connectivity index (χ4v) is 7.62. The molecule has 0 aromatic rings. The topological polar surface area (TPSA) is 142 Å². The fourth-order valence-electron chi connectivity index (χ4n) is 7.62. The van der Waals surface area contributed by atoms with Gasteiger partial charge in [0.2, 0.25) is 11.8 Å². The van der Waals surface area contributed by atoms with Crippen molar-refractivity contribution >= 4 is 23.8 Å². The Kier molecular flexibility index (Phi) is 47.8. The molecule has 2 amide bonds. The summed E-state index contributed by atoms with van der Waals surface area (Å²) in [7, 11) is 0. The van der Waals surface area contributed by atoms with Crippen LogP contribution in [0.5, 0.6) is 0 Å². The van der Waals surface area contributed by atoms with Crippen molar-refractivity contribution in [2.24, 2.45) is 0 Å². The van der Waals surface area contributed by atoms with Gasteiger partial charge in [-0.3, -0.25) is 14.4 Å². The van der Waals surface area contributed by atoms with Crippen LogP contribution in [-0.2, 0) is 23.9 Å². The Morgan fingerprint density at radius 3 is 1.33 bits per heavy atom. The standard InChI is InChI=1S/C57H98N2O7/c1-3-5-7-9-11-13-15-17-19-20-21-22-23-24-25-26-28-30-32-34-36-41-45-49-56(63)66-52(46-42-38-35-33-31-29-27-18-16-14-12-10-8-6-4-2)47-43-39-37-40-44-48-54(61)58-50-55(62)59-53(51-60)57(64)65/h5,7,11,13,17,19,21-22,24-25,29,31,52-53,60H,3-4,6,8-10,12,14-16,18,20,23,26-28,30,32-51H2,1-2H3,(H,58,61)(H,59,62)(H,64,65)/b7-5-,13-11-,19-17-,22-21-,25-24-,31-29-. The number of hydrogen-bond donors (Lipinski definition) is 4. The molecule has 0 spiro atoms. The summed E-state index contributed by atoms with van der Waals surface area (Å²) in [6.45, 7) is 3.38. The maximum atomic E-state index is 12.9. The van der Waals surface area contributed by atoms with Crippen molar-refractivity contribution in [1.82, 2.24) is 10.6 Å². The lowest BCUT2D eigenvalue weighted by atomic mass is 10.0. The molecule has 0 aliphatic rings. The van der Waals surface area contributed by atoms with Crippen LogP contribution in [0.1, 0.15) is 239 Å². The Labute approximate surface area is 403 Å². The largest absolute Gasteiger partial charge is 0.480 e. The van der Waals surface area contributed by atoms with E-state index in [4.69, 9.17) is 14.9 Å². The number of hydrogen-bond acceptors (Lipinski definition) is 6. The van der Waals surface area contributed by atoms with Gasteiger partial charge in [0.25, 0.3) is 0 Å². The molecular weight excluding hydrogens is 825 g/mol. The van der Waals surface area contributed by atoms with Gasteiger partial charge in [0, 0.05) is 12.8 Å². The van der Waals surface area contributed by atoms with E-state index in [1.165, 1.54) is 96.3 Å². The molecule has 0 bridgehead atoms. The van der Waals surface area contributed by atoms with Crippen molar-refractivity contribution in [3.8, 4) is 0 Å². The molecule has 9 heteroatoms. The summed E-state index contributed by atoms with van der Waals surface area (Å²) in [5.74, 6) is -2.31. The average Bonchev–Trinajstić information content (AvgIpc) is 3.30. The van der Waals surface area contributed by atoms with Crippen LogP contribution in [-0.4, -0.2) is 59.3 Å². The first kappa shape index (κ1) is 62.3. The number of aliphatic carboxylic acids is 1. The van der Waals surface area contributed by atoms with E-state index in [2.05, 4.69) is 97.4 Å². The summed E-state index contributed by atoms with van der Waals surface area (Å²) in [5.41, 5.74) is 0. The number of allylic oxidation sites excluding steroid dienone is 12. The Morgan fingerprint density at radius 2 is 0.864 bits per heavy atom. The molecule has 0 rings (SSSR count). The summed E-state index contributed by atoms with van der Waals surface area (Å²) in [6.07, 6.45) is 65.1. The number of carboxylic acid groups (broad SMARTS) is 1. The van der Waals surface area contributed by atoms with Crippen LogP contribution in [0, 0.1) is 0 Å². The van der Waals surface area contributed by atoms with Gasteiger partial charge >= 0.3 is 11.9 Å². The number of carbonyl (C=O) groups is 4. The van der Waals surface area contributed by atoms with Gasteiger partial charge in [-0.25, -0.2) is 4.79 Å². The van der Waals surface area contributed by atoms with Gasteiger partial charge in [-0.15, -0.1) is 0 Å². The van der Waals surface area contributed by atoms with E-state index in [1.807, 2.05) is 0 Å². The zero-order chi connectivity index (χ0) is 48.2. The highest BCUT2D eigenvalue weighted by atomic mass is 16.5. The fraction of sp³-hybridized carbons (Fsp3) is 0.719. The quantitative estimate of drug-likeness (QED) is 0.0270. The predicted octanol–water partition coefficient (Wildman–Crippen LogP) is 14.6. The van der Waals surface area contributed by atoms with E-state index >= 15 is 0 Å². The first-order chi connectivity index (χ1) is 32.3. The SMILES string of the molecule is CC/C=C\C/C=C\C/C=C\C/C=C\C/C=C\CCCCCCCCCC(=O)OC(CCCCC/C=C\CCCCCCCCCC)CCCCCCCC(=O)NCC(=O)NC(CO)C(=O)O. The van der Waals surface area contributed by atoms with Crippen LogP contribution >= 0.6 is 0 Å². The molecule has 0 radical (unpaired) electrons. The van der Waals surface area contributed by atoms with Crippen molar-refractivity contribution in [3.63, 3.8) is 0 Å². The van der Waals surface area contributed by atoms with Crippen LogP contribution in [0.4, 0.5) is 0 Å². The minimum atomic E-state index is -1.39. The highest BCUT2D eigenvalue weighted by Gasteiger charge is 2.19. The highest BCUT2D eigenvalue weighted by molar-refractivity contribution is 5.87. The second kappa shape index (κ2) is 50.7. The first-order valence-corrected chi connectivity index (χ1v) is 26.8. The van der Waals surface area contributed by atoms with E-state index in [0.717, 1.165) is 109 Å². The summed E-state index contributed by atoms with van der Waals surface area (Å²) >= 11 is 0. The molecule has 0 saturated carbocycles. The van der Waals surface area contributed by atoms with Gasteiger partial charge in [-0.05, 0) is 109 Å². The van der Waals surface area contributed by atoms with E-state index in [0.29, 0.717) is 12.8 Å². The van der Waals surface area contributed by atoms with E-state index in [-0.39, 0.29) is 30.9 Å². The molecule has 378 valence electrons. The Bertz CT molecular complexity index is 1330. The number of carboxylic acids is 1. The van der Waals surface area contributed by atoms with Gasteiger partial charge in [0.05, 0.1) is 13.2 Å². The third-order valence-electron chi connectivity index (χ3n) is 11.7. The molecular formula is C57H98N2O7. The van der Waals surface area contributed by atoms with Crippen molar-refractivity contribution in [1.29, 1.82) is 0 Å². The minimum Gasteiger partial charge on any atom is -0.480 e. The van der Waals surface area contributed by atoms with Gasteiger partial charge in [-0.2, -0.15) is 0 Å². The summed E-state index contributed by atoms with van der Waals surface area (Å²) < 4.78 is 6.07. The van der Waals surface area contributed by atoms with Crippen LogP contribution in [0.2, 0.25) is 0 Å². The van der Waals surface area contributed by atoms with Crippen LogP contribution < -0.4 is 10.6 Å². The molecule has 0 saturated heterocycles. The van der Waals surface area contributed by atoms with Crippen molar-refractivity contribution in [3.05, 3.63) is 72.9 Å². The molecule has 4 N–H and O–H groups in total. The molecule has 0 aromatic carbocycles. The number of amides is 2. The van der Waals surface area contributed by atoms with Gasteiger partial charge in [-0.1, -0.05) is 189 Å². The van der Waals surface area contributed by atoms with Crippen molar-refractivity contribution in [2.45, 2.75) is 251 Å². The molecule has 2 atom stereocenters. The second-order valence-corrected chi connectivity index (χ2v) is 17.9. The minimum absolute atomic E-state index is 0.0403. The zero-order valence-corrected chi connectivity index (χ0v) is 42.2. The lowest BCUT2D eigenvalue weighted by Crippen LogP contribution is -2.47. The molecule has 0 aliphatic carbocycles. The molecule has 0 aliphatic heterocycles. The van der Waals surface area contributed by atoms with Gasteiger partial charge in [0.1, 0.15) is 12.1 Å². The summed E-state index contributed by atoms with van der Waals surface area (Å²) in [4.78, 5) is 47.9. The molecule has 2 unspecified atom stereocenters. The second-order valence-electron chi connectivity index (χ2n) is 17.9. The predicted molar refractivity (Wildman–Crippen MR) is 277 cm³/mol. The third-order valence-corrected chi connectivity index (χ3v) is 11.7. The van der Waals surface area contributed by atoms with Crippen molar-refractivity contribution in [2.75, 3.05) is 13.2 Å². The van der Waals surface area contributed by atoms with E-state index in [1.54, 1.807) is 0 Å². The number of aliphatic hydroxyl groups excluding tert-OH is 1. The normalized spacial score (nSPS) is 13.0. The number of aliphatic hydroxyl groups is 1. The highest BCUT2D eigenvalue weighted by Crippen LogP contribution is 2.19. The summed E-state index contributed by atoms with van der Waals surface area (Å²) in [5, 5.41) is 22.6. The number of unbranched alkanes of at least 4 members (excludes halogenated alkanes) is 22.